The molecule has 2 atom stereocenters. The number of nitrogens with one attached hydrogen (secondary N) is 1. The standard InChI is InChI=1S/C8H10NOPS/c12-11-9-6-8(10-11)7-4-2-1-3-5-7/h1-5,8-9,11H,6H2. The molecule has 1 aromatic carbocycles. The van der Waals surface area contributed by atoms with Crippen molar-refractivity contribution in [2.75, 3.05) is 6.54 Å². The van der Waals surface area contributed by atoms with Crippen molar-refractivity contribution in [1.29, 1.82) is 0 Å². The normalized spacial score (nSPS) is 29.1. The molecule has 1 aliphatic heterocycles. The molecule has 12 heavy (non-hydrogen) atoms. The van der Waals surface area contributed by atoms with E-state index in [2.05, 4.69) is 17.2 Å². The van der Waals surface area contributed by atoms with Gasteiger partial charge in [-0.25, -0.2) is 4.52 Å². The van der Waals surface area contributed by atoms with Crippen molar-refractivity contribution in [3.05, 3.63) is 35.9 Å². The highest BCUT2D eigenvalue weighted by Crippen LogP contribution is 2.42. The van der Waals surface area contributed by atoms with E-state index in [1.807, 2.05) is 18.2 Å². The maximum absolute atomic E-state index is 5.55. The van der Waals surface area contributed by atoms with Crippen LogP contribution in [-0.2, 0) is 16.8 Å². The van der Waals surface area contributed by atoms with Crippen molar-refractivity contribution in [2.45, 2.75) is 6.10 Å². The van der Waals surface area contributed by atoms with E-state index in [0.29, 0.717) is 0 Å². The molecule has 1 saturated heterocycles. The first kappa shape index (κ1) is 8.52. The molecule has 0 aliphatic carbocycles. The highest BCUT2D eigenvalue weighted by Gasteiger charge is 2.24. The monoisotopic (exact) mass is 199 g/mol. The van der Waals surface area contributed by atoms with Gasteiger partial charge in [-0.05, 0) is 5.56 Å². The minimum atomic E-state index is -1.12. The second-order valence-electron chi connectivity index (χ2n) is 2.69. The predicted octanol–water partition coefficient (Wildman–Crippen LogP) is 1.85. The summed E-state index contributed by atoms with van der Waals surface area (Å²) in [6.45, 7) is 0.863. The van der Waals surface area contributed by atoms with E-state index in [4.69, 9.17) is 16.8 Å². The Hall–Kier alpha value is -0.0800. The van der Waals surface area contributed by atoms with Gasteiger partial charge in [-0.15, -0.1) is 0 Å². The van der Waals surface area contributed by atoms with Crippen molar-refractivity contribution in [2.24, 2.45) is 0 Å². The third-order valence-corrected chi connectivity index (χ3v) is 3.57. The lowest BCUT2D eigenvalue weighted by atomic mass is 10.1. The van der Waals surface area contributed by atoms with Gasteiger partial charge in [0.05, 0.1) is 14.0 Å². The molecule has 0 radical (unpaired) electrons. The van der Waals surface area contributed by atoms with Crippen LogP contribution in [0.25, 0.3) is 0 Å². The van der Waals surface area contributed by atoms with E-state index in [0.717, 1.165) is 6.54 Å². The third kappa shape index (κ3) is 1.80. The highest BCUT2D eigenvalue weighted by atomic mass is 32.7. The molecule has 2 nitrogen and oxygen atoms in total. The van der Waals surface area contributed by atoms with Crippen molar-refractivity contribution in [3.63, 3.8) is 0 Å². The molecular weight excluding hydrogens is 189 g/mol. The van der Waals surface area contributed by atoms with Crippen LogP contribution in [0.2, 0.25) is 0 Å². The van der Waals surface area contributed by atoms with Gasteiger partial charge >= 0.3 is 0 Å². The highest BCUT2D eigenvalue weighted by molar-refractivity contribution is 8.30. The minimum Gasteiger partial charge on any atom is -0.508 e. The molecular formula is C8H10NOPS. The summed E-state index contributed by atoms with van der Waals surface area (Å²) >= 11 is 5.05. The second kappa shape index (κ2) is 3.75. The van der Waals surface area contributed by atoms with Gasteiger partial charge in [0.1, 0.15) is 6.10 Å². The first-order chi connectivity index (χ1) is 5.86. The van der Waals surface area contributed by atoms with Crippen molar-refractivity contribution >= 4 is 19.7 Å². The topological polar surface area (TPSA) is 21.3 Å². The average molecular weight is 199 g/mol. The summed E-state index contributed by atoms with van der Waals surface area (Å²) < 4.78 is 5.55. The van der Waals surface area contributed by atoms with Crippen molar-refractivity contribution in [1.82, 2.24) is 5.09 Å². The third-order valence-electron chi connectivity index (χ3n) is 1.85. The van der Waals surface area contributed by atoms with E-state index in [1.54, 1.807) is 0 Å². The zero-order valence-corrected chi connectivity index (χ0v) is 8.30. The Morgan fingerprint density at radius 1 is 1.42 bits per heavy atom. The van der Waals surface area contributed by atoms with Gasteiger partial charge in [0.15, 0.2) is 0 Å². The van der Waals surface area contributed by atoms with E-state index in [1.165, 1.54) is 5.56 Å². The Bertz CT molecular complexity index is 256. The lowest BCUT2D eigenvalue weighted by molar-refractivity contribution is 0.274. The smallest absolute Gasteiger partial charge is 0.141 e. The molecule has 4 heteroatoms. The summed E-state index contributed by atoms with van der Waals surface area (Å²) in [5, 5.41) is 3.16. The first-order valence-corrected chi connectivity index (χ1v) is 6.40. The summed E-state index contributed by atoms with van der Waals surface area (Å²) in [7, 11) is -1.12. The first-order valence-electron chi connectivity index (χ1n) is 3.86. The molecule has 0 amide bonds. The molecule has 1 heterocycles. The van der Waals surface area contributed by atoms with E-state index in [9.17, 15) is 0 Å². The SMILES string of the molecule is [S-][PH+]1NCC(c2ccccc2)O1. The van der Waals surface area contributed by atoms with Crippen LogP contribution in [0.5, 0.6) is 0 Å². The minimum absolute atomic E-state index is 0.178. The molecule has 0 aromatic heterocycles. The van der Waals surface area contributed by atoms with Crippen LogP contribution in [0.3, 0.4) is 0 Å². The Morgan fingerprint density at radius 2 is 2.17 bits per heavy atom. The zero-order chi connectivity index (χ0) is 8.39. The molecule has 2 rings (SSSR count). The van der Waals surface area contributed by atoms with Gasteiger partial charge in [-0.1, -0.05) is 30.3 Å². The van der Waals surface area contributed by atoms with Gasteiger partial charge in [-0.2, -0.15) is 5.09 Å². The van der Waals surface area contributed by atoms with Crippen molar-refractivity contribution in [3.8, 4) is 0 Å². The summed E-state index contributed by atoms with van der Waals surface area (Å²) in [5.41, 5.74) is 1.22. The number of rotatable bonds is 1. The number of hydrogen-bond acceptors (Lipinski definition) is 3. The Balaban J connectivity index is 2.11. The maximum Gasteiger partial charge on any atom is 0.141 e. The summed E-state index contributed by atoms with van der Waals surface area (Å²) in [6.07, 6.45) is 0.178. The molecule has 1 N–H and O–H groups in total. The van der Waals surface area contributed by atoms with Gasteiger partial charge in [0, 0.05) is 0 Å². The van der Waals surface area contributed by atoms with Gasteiger partial charge in [0.2, 0.25) is 0 Å². The molecule has 0 bridgehead atoms. The predicted molar refractivity (Wildman–Crippen MR) is 54.0 cm³/mol. The lowest BCUT2D eigenvalue weighted by Crippen LogP contribution is -2.04. The van der Waals surface area contributed by atoms with E-state index < -0.39 is 7.50 Å². The van der Waals surface area contributed by atoms with Crippen LogP contribution >= 0.6 is 7.50 Å². The number of hydrogen-bond donors (Lipinski definition) is 1. The summed E-state index contributed by atoms with van der Waals surface area (Å²) in [5.74, 6) is 0. The Kier molecular flexibility index (Phi) is 2.66. The Morgan fingerprint density at radius 3 is 2.75 bits per heavy atom. The van der Waals surface area contributed by atoms with Crippen LogP contribution < -0.4 is 5.09 Å². The van der Waals surface area contributed by atoms with Crippen molar-refractivity contribution < 1.29 is 4.52 Å². The summed E-state index contributed by atoms with van der Waals surface area (Å²) in [6, 6.07) is 10.2. The fourth-order valence-electron chi connectivity index (χ4n) is 1.24. The lowest BCUT2D eigenvalue weighted by Gasteiger charge is -2.06. The molecule has 0 spiro atoms. The molecule has 1 aliphatic rings. The zero-order valence-electron chi connectivity index (χ0n) is 6.49. The molecule has 1 aromatic rings. The second-order valence-corrected chi connectivity index (χ2v) is 4.96. The van der Waals surface area contributed by atoms with Crippen LogP contribution in [0.4, 0.5) is 0 Å². The van der Waals surface area contributed by atoms with Crippen LogP contribution in [0.1, 0.15) is 11.7 Å². The Labute approximate surface area is 78.4 Å². The van der Waals surface area contributed by atoms with Gasteiger partial charge in [-0.3, -0.25) is 0 Å². The average Bonchev–Trinajstić information content (AvgIpc) is 2.54. The van der Waals surface area contributed by atoms with E-state index >= 15 is 0 Å². The summed E-state index contributed by atoms with van der Waals surface area (Å²) in [4.78, 5) is 0. The van der Waals surface area contributed by atoms with Crippen LogP contribution in [-0.4, -0.2) is 6.54 Å². The van der Waals surface area contributed by atoms with Crippen LogP contribution in [0, 0.1) is 0 Å². The van der Waals surface area contributed by atoms with Gasteiger partial charge in [0.25, 0.3) is 0 Å². The molecule has 2 unspecified atom stereocenters. The van der Waals surface area contributed by atoms with Crippen LogP contribution in [0.15, 0.2) is 30.3 Å². The number of benzene rings is 1. The quantitative estimate of drug-likeness (QED) is 0.551. The molecule has 64 valence electrons. The maximum atomic E-state index is 5.55. The molecule has 0 saturated carbocycles. The molecule has 1 fully saturated rings. The van der Waals surface area contributed by atoms with Gasteiger partial charge < -0.3 is 12.2 Å². The fraction of sp³-hybridized carbons (Fsp3) is 0.250. The fourth-order valence-corrected chi connectivity index (χ4v) is 2.75. The van der Waals surface area contributed by atoms with E-state index in [-0.39, 0.29) is 6.10 Å². The largest absolute Gasteiger partial charge is 0.508 e.